The second-order valence-corrected chi connectivity index (χ2v) is 15.3. The van der Waals surface area contributed by atoms with Crippen LogP contribution in [0.2, 0.25) is 0 Å². The number of fused-ring (bicyclic) bond motifs is 9. The van der Waals surface area contributed by atoms with Gasteiger partial charge >= 0.3 is 5.97 Å². The van der Waals surface area contributed by atoms with Crippen LogP contribution in [-0.2, 0) is 27.2 Å². The number of aromatic nitrogens is 2. The largest absolute Gasteiger partial charge is 0.469 e. The first-order valence-corrected chi connectivity index (χ1v) is 17.8. The Morgan fingerprint density at radius 1 is 0.957 bits per heavy atom. The zero-order chi connectivity index (χ0) is 32.1. The quantitative estimate of drug-likeness (QED) is 0.204. The van der Waals surface area contributed by atoms with E-state index >= 15 is 0 Å². The first kappa shape index (κ1) is 29.5. The number of piperidine rings is 3. The smallest absolute Gasteiger partial charge is 0.310 e. The molecule has 3 saturated heterocycles. The molecule has 244 valence electrons. The van der Waals surface area contributed by atoms with Crippen LogP contribution >= 0.6 is 0 Å². The highest BCUT2D eigenvalue weighted by molar-refractivity contribution is 5.88. The van der Waals surface area contributed by atoms with E-state index in [-0.39, 0.29) is 35.7 Å². The second-order valence-electron chi connectivity index (χ2n) is 15.3. The molecule has 47 heavy (non-hydrogen) atoms. The van der Waals surface area contributed by atoms with Crippen molar-refractivity contribution < 1.29 is 14.3 Å². The molecule has 7 heteroatoms. The third-order valence-corrected chi connectivity index (χ3v) is 13.1. The fourth-order valence-electron chi connectivity index (χ4n) is 11.0. The summed E-state index contributed by atoms with van der Waals surface area (Å²) in [6.45, 7) is 6.97. The van der Waals surface area contributed by atoms with Crippen LogP contribution in [0.1, 0.15) is 73.0 Å². The highest BCUT2D eigenvalue weighted by Gasteiger charge is 2.51. The average Bonchev–Trinajstić information content (AvgIpc) is 3.60. The Balaban J connectivity index is 1.19. The number of likely N-dealkylation sites (tertiary alicyclic amines) is 1. The number of ether oxygens (including phenoxy) is 1. The van der Waals surface area contributed by atoms with Gasteiger partial charge in [0.05, 0.1) is 13.0 Å². The molecule has 1 saturated carbocycles. The molecular formula is C40H46N4O3. The van der Waals surface area contributed by atoms with Crippen LogP contribution < -0.4 is 0 Å². The van der Waals surface area contributed by atoms with Gasteiger partial charge in [0, 0.05) is 82.7 Å². The summed E-state index contributed by atoms with van der Waals surface area (Å²) in [7, 11) is 3.70. The molecule has 6 heterocycles. The maximum Gasteiger partial charge on any atom is 0.310 e. The Bertz CT molecular complexity index is 1950. The number of hydrogen-bond acceptors (Lipinski definition) is 5. The number of nitrogens with zero attached hydrogens (tertiary/aromatic N) is 2. The van der Waals surface area contributed by atoms with Gasteiger partial charge in [0.15, 0.2) is 0 Å². The summed E-state index contributed by atoms with van der Waals surface area (Å²) in [4.78, 5) is 39.3. The standard InChI is InChI=1S/C40H46N4O3/c1-5-23-20-43(3)35-18-31-25-8-6-7-9-33(25)41-38(31)30(17-29(23)36(35)40(46)47-4)24-10-11-26-27-12-13-44-19-22-14-28(21(2)45)39(44)32(15-22)37(27)42-34(26)16-24/h5-11,16,22,28-30,32,35-36,39,41-42H,12-15,17-20H2,1-4H3/b23-5+/t22-,28-,29+,30-,32+,35+,36?,39+/m1/s1. The van der Waals surface area contributed by atoms with Gasteiger partial charge in [0.25, 0.3) is 0 Å². The summed E-state index contributed by atoms with van der Waals surface area (Å²) in [6.07, 6.45) is 7.14. The average molecular weight is 631 g/mol. The lowest BCUT2D eigenvalue weighted by Gasteiger charge is -2.52. The molecule has 0 amide bonds. The lowest BCUT2D eigenvalue weighted by Crippen LogP contribution is -2.57. The highest BCUT2D eigenvalue weighted by Crippen LogP contribution is 2.52. The molecule has 2 aliphatic carbocycles. The minimum absolute atomic E-state index is 0.0702. The van der Waals surface area contributed by atoms with E-state index in [1.807, 2.05) is 0 Å². The maximum absolute atomic E-state index is 13.6. The Morgan fingerprint density at radius 3 is 2.57 bits per heavy atom. The predicted octanol–water partition coefficient (Wildman–Crippen LogP) is 6.33. The van der Waals surface area contributed by atoms with Crippen LogP contribution in [0, 0.1) is 23.7 Å². The van der Waals surface area contributed by atoms with Gasteiger partial charge in [0.1, 0.15) is 5.78 Å². The number of carbonyl (C=O) groups is 2. The summed E-state index contributed by atoms with van der Waals surface area (Å²) in [5.41, 5.74) is 10.4. The summed E-state index contributed by atoms with van der Waals surface area (Å²) >= 11 is 0. The van der Waals surface area contributed by atoms with Gasteiger partial charge in [-0.25, -0.2) is 0 Å². The van der Waals surface area contributed by atoms with E-state index in [1.165, 1.54) is 56.4 Å². The number of nitrogens with one attached hydrogen (secondary N) is 2. The zero-order valence-corrected chi connectivity index (χ0v) is 28.0. The minimum atomic E-state index is -0.224. The number of para-hydroxylation sites is 1. The number of esters is 1. The molecule has 4 aromatic rings. The summed E-state index contributed by atoms with van der Waals surface area (Å²) in [6, 6.07) is 16.2. The topological polar surface area (TPSA) is 81.4 Å². The van der Waals surface area contributed by atoms with E-state index in [2.05, 4.69) is 82.3 Å². The van der Waals surface area contributed by atoms with Gasteiger partial charge in [0.2, 0.25) is 0 Å². The van der Waals surface area contributed by atoms with Crippen molar-refractivity contribution in [3.8, 4) is 0 Å². The summed E-state index contributed by atoms with van der Waals surface area (Å²) in [5, 5.41) is 2.58. The molecule has 2 aromatic heterocycles. The van der Waals surface area contributed by atoms with Gasteiger partial charge < -0.3 is 14.7 Å². The molecule has 2 unspecified atom stereocenters. The van der Waals surface area contributed by atoms with Crippen molar-refractivity contribution >= 4 is 33.6 Å². The number of rotatable bonds is 3. The molecular weight excluding hydrogens is 584 g/mol. The first-order valence-electron chi connectivity index (χ1n) is 17.8. The van der Waals surface area contributed by atoms with Gasteiger partial charge in [-0.1, -0.05) is 42.0 Å². The first-order chi connectivity index (χ1) is 22.8. The van der Waals surface area contributed by atoms with Crippen molar-refractivity contribution in [3.05, 3.63) is 82.2 Å². The van der Waals surface area contributed by atoms with Crippen LogP contribution in [0.5, 0.6) is 0 Å². The van der Waals surface area contributed by atoms with Crippen molar-refractivity contribution in [1.82, 2.24) is 19.8 Å². The fraction of sp³-hybridized carbons (Fsp3) is 0.500. The predicted molar refractivity (Wildman–Crippen MR) is 185 cm³/mol. The number of likely N-dealkylation sites (N-methyl/N-ethyl adjacent to an activating group) is 1. The van der Waals surface area contributed by atoms with Crippen molar-refractivity contribution in [1.29, 1.82) is 0 Å². The van der Waals surface area contributed by atoms with Crippen LogP contribution in [0.4, 0.5) is 0 Å². The zero-order valence-electron chi connectivity index (χ0n) is 28.0. The highest BCUT2D eigenvalue weighted by atomic mass is 16.5. The molecule has 7 nitrogen and oxygen atoms in total. The van der Waals surface area contributed by atoms with Crippen molar-refractivity contribution in [2.45, 2.75) is 69.9 Å². The van der Waals surface area contributed by atoms with E-state index in [9.17, 15) is 9.59 Å². The third-order valence-electron chi connectivity index (χ3n) is 13.1. The normalized spacial score (nSPS) is 34.0. The van der Waals surface area contributed by atoms with E-state index in [0.29, 0.717) is 23.7 Å². The monoisotopic (exact) mass is 630 g/mol. The van der Waals surface area contributed by atoms with Crippen LogP contribution in [0.3, 0.4) is 0 Å². The van der Waals surface area contributed by atoms with Crippen molar-refractivity contribution in [2.75, 3.05) is 33.8 Å². The molecule has 10 rings (SSSR count). The third kappa shape index (κ3) is 4.38. The Morgan fingerprint density at radius 2 is 1.77 bits per heavy atom. The number of carbonyl (C=O) groups excluding carboxylic acids is 2. The van der Waals surface area contributed by atoms with Crippen LogP contribution in [-0.4, -0.2) is 77.4 Å². The number of benzene rings is 2. The molecule has 0 spiro atoms. The van der Waals surface area contributed by atoms with E-state index in [0.717, 1.165) is 50.8 Å². The Hall–Kier alpha value is -3.68. The molecule has 2 aromatic carbocycles. The number of aromatic amines is 2. The molecule has 4 fully saturated rings. The maximum atomic E-state index is 13.6. The van der Waals surface area contributed by atoms with Gasteiger partial charge in [-0.3, -0.25) is 19.4 Å². The van der Waals surface area contributed by atoms with Crippen molar-refractivity contribution in [3.63, 3.8) is 0 Å². The number of allylic oxidation sites excluding steroid dienone is 1. The SMILES string of the molecule is C/C=C1\CN(C)[C@H]2Cc3c([nH]c4ccccc34)[C@@H](c3ccc4c5c([nH]c4c3)[C@@H]3C[C@H]4C[C@H](C(C)=O)[C@@H]3N(CC5)C4)C[C@@H]1C2C(=O)OC. The van der Waals surface area contributed by atoms with Gasteiger partial charge in [-0.2, -0.15) is 0 Å². The molecule has 2 N–H and O–H groups in total. The number of ketones is 1. The Kier molecular flexibility index (Phi) is 6.85. The number of Topliss-reactive ketones (excluding diaryl/α,β-unsaturated/α-hetero) is 1. The lowest BCUT2D eigenvalue weighted by molar-refractivity contribution is -0.151. The van der Waals surface area contributed by atoms with Gasteiger partial charge in [-0.05, 0) is 93.7 Å². The molecule has 6 aliphatic rings. The minimum Gasteiger partial charge on any atom is -0.469 e. The van der Waals surface area contributed by atoms with Crippen LogP contribution in [0.25, 0.3) is 21.8 Å². The molecule has 4 aliphatic heterocycles. The van der Waals surface area contributed by atoms with E-state index in [1.54, 1.807) is 14.0 Å². The number of methoxy groups -OCH3 is 1. The second kappa shape index (κ2) is 10.9. The fourth-order valence-corrected chi connectivity index (χ4v) is 11.0. The molecule has 0 radical (unpaired) electrons. The number of H-pyrrole nitrogens is 2. The summed E-state index contributed by atoms with van der Waals surface area (Å²) in [5.74, 6) is 1.37. The molecule has 9 atom stereocenters. The van der Waals surface area contributed by atoms with Crippen molar-refractivity contribution in [2.24, 2.45) is 23.7 Å². The Labute approximate surface area is 276 Å². The molecule has 6 bridgehead atoms. The van der Waals surface area contributed by atoms with Gasteiger partial charge in [-0.15, -0.1) is 0 Å². The lowest BCUT2D eigenvalue weighted by atomic mass is 9.65. The van der Waals surface area contributed by atoms with E-state index < -0.39 is 0 Å². The number of hydrogen-bond donors (Lipinski definition) is 2. The summed E-state index contributed by atoms with van der Waals surface area (Å²) < 4.78 is 5.52. The van der Waals surface area contributed by atoms with Crippen LogP contribution in [0.15, 0.2) is 54.1 Å². The van der Waals surface area contributed by atoms with E-state index in [4.69, 9.17) is 4.74 Å².